The van der Waals surface area contributed by atoms with E-state index in [0.717, 1.165) is 40.7 Å². The van der Waals surface area contributed by atoms with Crippen molar-refractivity contribution < 1.29 is 0 Å². The van der Waals surface area contributed by atoms with E-state index in [1.54, 1.807) is 6.33 Å². The van der Waals surface area contributed by atoms with Crippen molar-refractivity contribution in [3.8, 4) is 0 Å². The number of nitrogens with one attached hydrogen (secondary N) is 2. The van der Waals surface area contributed by atoms with Crippen LogP contribution >= 0.6 is 23.2 Å². The molecule has 0 spiro atoms. The van der Waals surface area contributed by atoms with Gasteiger partial charge < -0.3 is 9.55 Å². The van der Waals surface area contributed by atoms with E-state index in [9.17, 15) is 0 Å². The van der Waals surface area contributed by atoms with Gasteiger partial charge in [-0.25, -0.2) is 9.97 Å². The molecule has 29 heavy (non-hydrogen) atoms. The van der Waals surface area contributed by atoms with Crippen LogP contribution in [0.4, 0.5) is 0 Å². The number of benzene rings is 1. The Kier molecular flexibility index (Phi) is 4.07. The molecule has 4 saturated carbocycles. The largest absolute Gasteiger partial charge is 0.337 e. The number of rotatable bonds is 3. The van der Waals surface area contributed by atoms with E-state index in [4.69, 9.17) is 33.6 Å². The first-order valence-electron chi connectivity index (χ1n) is 10.5. The molecule has 3 aromatic rings. The summed E-state index contributed by atoms with van der Waals surface area (Å²) < 4.78 is 1.95. The Labute approximate surface area is 179 Å². The fourth-order valence-electron chi connectivity index (χ4n) is 6.50. The van der Waals surface area contributed by atoms with Gasteiger partial charge in [0.25, 0.3) is 0 Å². The number of H-pyrrole nitrogens is 1. The van der Waals surface area contributed by atoms with E-state index in [2.05, 4.69) is 9.97 Å². The van der Waals surface area contributed by atoms with Crippen molar-refractivity contribution in [2.45, 2.75) is 44.6 Å². The Morgan fingerprint density at radius 2 is 1.69 bits per heavy atom. The van der Waals surface area contributed by atoms with E-state index in [1.807, 2.05) is 22.8 Å². The van der Waals surface area contributed by atoms with Gasteiger partial charge in [-0.2, -0.15) is 0 Å². The number of hydrogen-bond donors (Lipinski definition) is 2. The third-order valence-corrected chi connectivity index (χ3v) is 8.18. The van der Waals surface area contributed by atoms with E-state index < -0.39 is 0 Å². The highest BCUT2D eigenvalue weighted by atomic mass is 35.5. The van der Waals surface area contributed by atoms with Crippen molar-refractivity contribution in [3.63, 3.8) is 0 Å². The molecule has 2 aromatic heterocycles. The maximum absolute atomic E-state index is 8.30. The van der Waals surface area contributed by atoms with Crippen LogP contribution in [-0.2, 0) is 6.54 Å². The monoisotopic (exact) mass is 427 g/mol. The molecule has 2 N–H and O–H groups in total. The Bertz CT molecular complexity index is 1120. The maximum atomic E-state index is 8.30. The Balaban J connectivity index is 1.43. The summed E-state index contributed by atoms with van der Waals surface area (Å²) in [5, 5.41) is 9.56. The summed E-state index contributed by atoms with van der Waals surface area (Å²) in [5.74, 6) is 4.87. The van der Waals surface area contributed by atoms with Crippen LogP contribution in [0.5, 0.6) is 0 Å². The molecule has 150 valence electrons. The van der Waals surface area contributed by atoms with Crippen LogP contribution in [0.1, 0.15) is 49.4 Å². The average Bonchev–Trinajstić information content (AvgIpc) is 3.12. The lowest BCUT2D eigenvalue weighted by Crippen LogP contribution is -2.44. The highest BCUT2D eigenvalue weighted by molar-refractivity contribution is 6.36. The summed E-state index contributed by atoms with van der Waals surface area (Å²) in [6, 6.07) is 5.53. The number of imidazole rings is 1. The molecule has 0 saturated heterocycles. The third kappa shape index (κ3) is 2.85. The first-order chi connectivity index (χ1) is 14.1. The minimum absolute atomic E-state index is 0.240. The molecule has 4 aliphatic rings. The van der Waals surface area contributed by atoms with Crippen molar-refractivity contribution in [1.82, 2.24) is 19.5 Å². The third-order valence-electron chi connectivity index (χ3n) is 7.47. The molecule has 5 nitrogen and oxygen atoms in total. The van der Waals surface area contributed by atoms with E-state index in [1.165, 1.54) is 32.1 Å². The van der Waals surface area contributed by atoms with Crippen LogP contribution in [0, 0.1) is 29.1 Å². The predicted molar refractivity (Wildman–Crippen MR) is 113 cm³/mol. The maximum Gasteiger partial charge on any atom is 0.173 e. The molecule has 0 unspecified atom stereocenters. The topological polar surface area (TPSA) is 70.3 Å². The van der Waals surface area contributed by atoms with Gasteiger partial charge in [0.05, 0.1) is 12.9 Å². The normalized spacial score (nSPS) is 30.3. The molecular weight excluding hydrogens is 405 g/mol. The Morgan fingerprint density at radius 1 is 1.03 bits per heavy atom. The predicted octanol–water partition coefficient (Wildman–Crippen LogP) is 5.13. The summed E-state index contributed by atoms with van der Waals surface area (Å²) >= 11 is 12.8. The van der Waals surface area contributed by atoms with Gasteiger partial charge in [0.1, 0.15) is 11.3 Å². The van der Waals surface area contributed by atoms with Crippen molar-refractivity contribution in [3.05, 3.63) is 51.4 Å². The molecule has 0 aliphatic heterocycles. The van der Waals surface area contributed by atoms with Crippen LogP contribution in [0.2, 0.25) is 10.0 Å². The highest BCUT2D eigenvalue weighted by Crippen LogP contribution is 2.59. The second-order valence-corrected chi connectivity index (χ2v) is 10.0. The van der Waals surface area contributed by atoms with Gasteiger partial charge in [-0.1, -0.05) is 29.3 Å². The van der Waals surface area contributed by atoms with Crippen LogP contribution in [0.15, 0.2) is 24.5 Å². The summed E-state index contributed by atoms with van der Waals surface area (Å²) in [6.45, 7) is 0.480. The SMILES string of the molecule is N=c1ncn(Cc2c(Cl)cccc2Cl)c2nc(C3C4CC5CC(C4)CC3C5)[nH]c12. The summed E-state index contributed by atoms with van der Waals surface area (Å²) in [6.07, 6.45) is 8.49. The number of nitrogens with zero attached hydrogens (tertiary/aromatic N) is 3. The summed E-state index contributed by atoms with van der Waals surface area (Å²) in [4.78, 5) is 12.8. The standard InChI is InChI=1S/C22H23Cl2N5/c23-16-2-1-3-17(24)15(16)9-29-10-26-20(25)19-22(29)28-21(27-19)18-13-5-11-4-12(7-13)8-14(18)6-11/h1-3,10-14,18,25H,4-9H2,(H,27,28). The zero-order valence-corrected chi connectivity index (χ0v) is 17.5. The Morgan fingerprint density at radius 3 is 2.34 bits per heavy atom. The van der Waals surface area contributed by atoms with Crippen LogP contribution in [-0.4, -0.2) is 19.5 Å². The second kappa shape index (κ2) is 6.58. The minimum atomic E-state index is 0.240. The molecule has 7 heteroatoms. The number of aromatic nitrogens is 4. The zero-order chi connectivity index (χ0) is 19.7. The van der Waals surface area contributed by atoms with Crippen molar-refractivity contribution in [2.24, 2.45) is 23.7 Å². The van der Waals surface area contributed by atoms with Crippen LogP contribution in [0.25, 0.3) is 11.2 Å². The smallest absolute Gasteiger partial charge is 0.173 e. The quantitative estimate of drug-likeness (QED) is 0.607. The lowest BCUT2D eigenvalue weighted by atomic mass is 9.52. The fourth-order valence-corrected chi connectivity index (χ4v) is 7.02. The second-order valence-electron chi connectivity index (χ2n) is 9.20. The lowest BCUT2D eigenvalue weighted by Gasteiger charge is -2.53. The van der Waals surface area contributed by atoms with E-state index in [0.29, 0.717) is 28.0 Å². The molecule has 0 amide bonds. The van der Waals surface area contributed by atoms with Crippen molar-refractivity contribution >= 4 is 34.4 Å². The fraction of sp³-hybridized carbons (Fsp3) is 0.500. The van der Waals surface area contributed by atoms with Crippen molar-refractivity contribution in [1.29, 1.82) is 5.41 Å². The number of halogens is 2. The van der Waals surface area contributed by atoms with Gasteiger partial charge in [0.15, 0.2) is 11.1 Å². The van der Waals surface area contributed by atoms with Gasteiger partial charge in [0, 0.05) is 21.5 Å². The Hall–Kier alpha value is -1.85. The van der Waals surface area contributed by atoms with Gasteiger partial charge in [-0.3, -0.25) is 5.41 Å². The zero-order valence-electron chi connectivity index (χ0n) is 16.0. The average molecular weight is 428 g/mol. The van der Waals surface area contributed by atoms with Gasteiger partial charge in [-0.15, -0.1) is 0 Å². The van der Waals surface area contributed by atoms with E-state index in [-0.39, 0.29) is 5.49 Å². The first kappa shape index (κ1) is 18.0. The first-order valence-corrected chi connectivity index (χ1v) is 11.2. The molecule has 4 fully saturated rings. The van der Waals surface area contributed by atoms with Gasteiger partial charge in [-0.05, 0) is 67.9 Å². The molecule has 4 aliphatic carbocycles. The molecule has 7 rings (SSSR count). The summed E-state index contributed by atoms with van der Waals surface area (Å²) in [5.41, 5.74) is 2.56. The van der Waals surface area contributed by atoms with Crippen molar-refractivity contribution in [2.75, 3.05) is 0 Å². The van der Waals surface area contributed by atoms with E-state index >= 15 is 0 Å². The molecule has 4 bridgehead atoms. The minimum Gasteiger partial charge on any atom is -0.337 e. The van der Waals surface area contributed by atoms with Crippen LogP contribution in [0.3, 0.4) is 0 Å². The van der Waals surface area contributed by atoms with Gasteiger partial charge >= 0.3 is 0 Å². The lowest BCUT2D eigenvalue weighted by molar-refractivity contribution is -0.00529. The molecule has 2 heterocycles. The summed E-state index contributed by atoms with van der Waals surface area (Å²) in [7, 11) is 0. The molecule has 0 radical (unpaired) electrons. The number of hydrogen-bond acceptors (Lipinski definition) is 3. The molecule has 0 atom stereocenters. The highest BCUT2D eigenvalue weighted by Gasteiger charge is 2.49. The molecular formula is C22H23Cl2N5. The number of aromatic amines is 1. The van der Waals surface area contributed by atoms with Gasteiger partial charge in [0.2, 0.25) is 0 Å². The van der Waals surface area contributed by atoms with Crippen LogP contribution < -0.4 is 5.49 Å². The number of fused-ring (bicyclic) bond motifs is 1. The molecule has 1 aromatic carbocycles.